The Kier molecular flexibility index (Phi) is 4.29. The van der Waals surface area contributed by atoms with E-state index in [0.717, 1.165) is 18.4 Å². The second kappa shape index (κ2) is 6.00. The van der Waals surface area contributed by atoms with Crippen molar-refractivity contribution in [1.82, 2.24) is 9.97 Å². The second-order valence-electron chi connectivity index (χ2n) is 7.36. The molecule has 0 spiro atoms. The van der Waals surface area contributed by atoms with Crippen LogP contribution < -0.4 is 10.4 Å². The lowest BCUT2D eigenvalue weighted by Crippen LogP contribution is -2.41. The zero-order valence-corrected chi connectivity index (χ0v) is 14.9. The molecular formula is C16H24BN3O4. The van der Waals surface area contributed by atoms with Gasteiger partial charge in [-0.25, -0.2) is 9.97 Å². The molecule has 8 heteroatoms. The first kappa shape index (κ1) is 17.2. The van der Waals surface area contributed by atoms with E-state index >= 15 is 0 Å². The molecule has 2 aliphatic rings. The van der Waals surface area contributed by atoms with Crippen molar-refractivity contribution in [1.29, 1.82) is 0 Å². The molecule has 3 heterocycles. The van der Waals surface area contributed by atoms with E-state index in [4.69, 9.17) is 14.0 Å². The summed E-state index contributed by atoms with van der Waals surface area (Å²) in [6.07, 6.45) is 4.22. The minimum atomic E-state index is -0.467. The predicted molar refractivity (Wildman–Crippen MR) is 90.1 cm³/mol. The van der Waals surface area contributed by atoms with Crippen molar-refractivity contribution in [3.63, 3.8) is 0 Å². The smallest absolute Gasteiger partial charge is 0.469 e. The summed E-state index contributed by atoms with van der Waals surface area (Å²) in [5, 5.41) is 0. The van der Waals surface area contributed by atoms with Gasteiger partial charge in [-0.1, -0.05) is 0 Å². The minimum absolute atomic E-state index is 0.110. The molecular weight excluding hydrogens is 309 g/mol. The number of ether oxygens (including phenoxy) is 1. The van der Waals surface area contributed by atoms with Gasteiger partial charge in [0.05, 0.1) is 24.2 Å². The first-order chi connectivity index (χ1) is 11.2. The van der Waals surface area contributed by atoms with E-state index < -0.39 is 7.12 Å². The molecule has 2 fully saturated rings. The summed E-state index contributed by atoms with van der Waals surface area (Å²) in [5.41, 5.74) is 0.0130. The van der Waals surface area contributed by atoms with Crippen molar-refractivity contribution in [2.24, 2.45) is 5.92 Å². The number of carbonyl (C=O) groups excluding carboxylic acids is 1. The summed E-state index contributed by atoms with van der Waals surface area (Å²) >= 11 is 0. The van der Waals surface area contributed by atoms with E-state index in [1.54, 1.807) is 12.4 Å². The number of hydrogen-bond donors (Lipinski definition) is 0. The molecule has 0 saturated carbocycles. The van der Waals surface area contributed by atoms with Crippen molar-refractivity contribution >= 4 is 24.5 Å². The lowest BCUT2D eigenvalue weighted by Gasteiger charge is -2.32. The molecule has 1 aromatic rings. The fourth-order valence-electron chi connectivity index (χ4n) is 2.90. The molecule has 0 aliphatic carbocycles. The lowest BCUT2D eigenvalue weighted by molar-refractivity contribution is -0.144. The monoisotopic (exact) mass is 333 g/mol. The van der Waals surface area contributed by atoms with Crippen LogP contribution in [0.1, 0.15) is 34.1 Å². The molecule has 3 rings (SSSR count). The van der Waals surface area contributed by atoms with Crippen LogP contribution in [0.3, 0.4) is 0 Å². The van der Waals surface area contributed by atoms with E-state index in [9.17, 15) is 4.79 Å². The molecule has 0 aromatic carbocycles. The van der Waals surface area contributed by atoms with Crippen LogP contribution in [-0.4, -0.2) is 54.5 Å². The molecule has 1 atom stereocenters. The van der Waals surface area contributed by atoms with Gasteiger partial charge in [-0.05, 0) is 34.1 Å². The third-order valence-corrected chi connectivity index (χ3v) is 5.19. The molecule has 0 radical (unpaired) electrons. The van der Waals surface area contributed by atoms with Crippen LogP contribution in [0.15, 0.2) is 12.4 Å². The number of esters is 1. The lowest BCUT2D eigenvalue weighted by atomic mass is 9.81. The molecule has 130 valence electrons. The quantitative estimate of drug-likeness (QED) is 0.598. The number of methoxy groups -OCH3 is 1. The maximum Gasteiger partial charge on any atom is 0.498 e. The highest BCUT2D eigenvalue weighted by Gasteiger charge is 2.52. The van der Waals surface area contributed by atoms with Crippen LogP contribution in [0.5, 0.6) is 0 Å². The highest BCUT2D eigenvalue weighted by Crippen LogP contribution is 2.36. The Bertz CT molecular complexity index is 604. The molecule has 24 heavy (non-hydrogen) atoms. The second-order valence-corrected chi connectivity index (χ2v) is 7.36. The van der Waals surface area contributed by atoms with Crippen molar-refractivity contribution in [3.05, 3.63) is 12.4 Å². The number of anilines is 1. The van der Waals surface area contributed by atoms with Gasteiger partial charge in [0, 0.05) is 30.9 Å². The third kappa shape index (κ3) is 3.00. The molecule has 0 bridgehead atoms. The fraction of sp³-hybridized carbons (Fsp3) is 0.688. The summed E-state index contributed by atoms with van der Waals surface area (Å²) in [5.74, 6) is 0.328. The normalized spacial score (nSPS) is 25.1. The Morgan fingerprint density at radius 2 is 1.83 bits per heavy atom. The Morgan fingerprint density at radius 1 is 1.25 bits per heavy atom. The van der Waals surface area contributed by atoms with E-state index in [-0.39, 0.29) is 23.1 Å². The van der Waals surface area contributed by atoms with Crippen molar-refractivity contribution in [3.8, 4) is 0 Å². The standard InChI is InChI=1S/C16H24BN3O4/c1-15(2)16(3,4)24-17(23-15)12-8-18-14(19-9-12)20-7-6-11(10-20)13(21)22-5/h8-9,11H,6-7,10H2,1-5H3. The molecule has 1 aromatic heterocycles. The number of rotatable bonds is 3. The first-order valence-electron chi connectivity index (χ1n) is 8.24. The average molecular weight is 333 g/mol. The number of hydrogen-bond acceptors (Lipinski definition) is 7. The molecule has 2 saturated heterocycles. The van der Waals surface area contributed by atoms with Crippen LogP contribution >= 0.6 is 0 Å². The van der Waals surface area contributed by atoms with Crippen LogP contribution in [0, 0.1) is 5.92 Å². The SMILES string of the molecule is COC(=O)C1CCN(c2ncc(B3OC(C)(C)C(C)(C)O3)cn2)C1. The Balaban J connectivity index is 1.68. The first-order valence-corrected chi connectivity index (χ1v) is 8.24. The van der Waals surface area contributed by atoms with Crippen LogP contribution in [0.25, 0.3) is 0 Å². The van der Waals surface area contributed by atoms with E-state index in [0.29, 0.717) is 12.5 Å². The molecule has 0 N–H and O–H groups in total. The number of carbonyl (C=O) groups is 1. The maximum absolute atomic E-state index is 11.6. The molecule has 2 aliphatic heterocycles. The zero-order valence-electron chi connectivity index (χ0n) is 14.9. The van der Waals surface area contributed by atoms with Gasteiger partial charge in [0.25, 0.3) is 0 Å². The number of aromatic nitrogens is 2. The molecule has 1 unspecified atom stereocenters. The third-order valence-electron chi connectivity index (χ3n) is 5.19. The van der Waals surface area contributed by atoms with Gasteiger partial charge in [0.2, 0.25) is 5.95 Å². The van der Waals surface area contributed by atoms with Gasteiger partial charge in [0.1, 0.15) is 0 Å². The maximum atomic E-state index is 11.6. The van der Waals surface area contributed by atoms with Crippen molar-refractivity contribution in [2.75, 3.05) is 25.1 Å². The van der Waals surface area contributed by atoms with Gasteiger partial charge in [-0.3, -0.25) is 4.79 Å². The van der Waals surface area contributed by atoms with Crippen LogP contribution in [-0.2, 0) is 18.8 Å². The van der Waals surface area contributed by atoms with Crippen molar-refractivity contribution in [2.45, 2.75) is 45.3 Å². The summed E-state index contributed by atoms with van der Waals surface area (Å²) in [4.78, 5) is 22.5. The predicted octanol–water partition coefficient (Wildman–Crippen LogP) is 0.775. The van der Waals surface area contributed by atoms with Crippen molar-refractivity contribution < 1.29 is 18.8 Å². The van der Waals surface area contributed by atoms with Crippen LogP contribution in [0.4, 0.5) is 5.95 Å². The average Bonchev–Trinajstić information content (AvgIpc) is 3.10. The summed E-state index contributed by atoms with van der Waals surface area (Å²) in [6.45, 7) is 9.38. The van der Waals surface area contributed by atoms with E-state index in [1.807, 2.05) is 32.6 Å². The Morgan fingerprint density at radius 3 is 2.38 bits per heavy atom. The highest BCUT2D eigenvalue weighted by atomic mass is 16.7. The molecule has 0 amide bonds. The number of nitrogens with zero attached hydrogens (tertiary/aromatic N) is 3. The highest BCUT2D eigenvalue weighted by molar-refractivity contribution is 6.61. The van der Waals surface area contributed by atoms with Gasteiger partial charge in [0.15, 0.2) is 0 Å². The van der Waals surface area contributed by atoms with Crippen LogP contribution in [0.2, 0.25) is 0 Å². The van der Waals surface area contributed by atoms with Gasteiger partial charge >= 0.3 is 13.1 Å². The topological polar surface area (TPSA) is 73.8 Å². The zero-order chi connectivity index (χ0) is 17.5. The van der Waals surface area contributed by atoms with Gasteiger partial charge in [-0.2, -0.15) is 0 Å². The van der Waals surface area contributed by atoms with E-state index in [2.05, 4.69) is 9.97 Å². The fourth-order valence-corrected chi connectivity index (χ4v) is 2.90. The summed E-state index contributed by atoms with van der Waals surface area (Å²) in [6, 6.07) is 0. The Labute approximate surface area is 142 Å². The van der Waals surface area contributed by atoms with Gasteiger partial charge in [-0.15, -0.1) is 0 Å². The Hall–Kier alpha value is -1.67. The molecule has 7 nitrogen and oxygen atoms in total. The summed E-state index contributed by atoms with van der Waals surface area (Å²) < 4.78 is 16.8. The van der Waals surface area contributed by atoms with Gasteiger partial charge < -0.3 is 18.9 Å². The largest absolute Gasteiger partial charge is 0.498 e. The summed E-state index contributed by atoms with van der Waals surface area (Å²) in [7, 11) is 0.950. The van der Waals surface area contributed by atoms with E-state index in [1.165, 1.54) is 7.11 Å². The minimum Gasteiger partial charge on any atom is -0.469 e.